The Balaban J connectivity index is 0.00000256. The second-order valence-electron chi connectivity index (χ2n) is 3.30. The Kier molecular flexibility index (Phi) is 7.29. The number of hydrogen-bond acceptors (Lipinski definition) is 4. The zero-order valence-corrected chi connectivity index (χ0v) is 10.4. The number of carbonyl (C=O) groups excluding carboxylic acids is 1. The van der Waals surface area contributed by atoms with E-state index in [-0.39, 0.29) is 31.4 Å². The van der Waals surface area contributed by atoms with Crippen LogP contribution in [0, 0.1) is 0 Å². The molecule has 0 bridgehead atoms. The zero-order chi connectivity index (χ0) is 12.0. The molecule has 1 amide bonds. The number of aliphatic hydroxyl groups excluding tert-OH is 1. The molecule has 0 fully saturated rings. The molecule has 0 spiro atoms. The Morgan fingerprint density at radius 3 is 2.53 bits per heavy atom. The Bertz CT molecular complexity index is 343. The van der Waals surface area contributed by atoms with Crippen molar-refractivity contribution < 1.29 is 14.6 Å². The van der Waals surface area contributed by atoms with Crippen LogP contribution in [0.4, 0.5) is 0 Å². The molecule has 1 rings (SSSR count). The standard InChI is InChI=1S/C11H16N2O3.ClH/c1-16-9-4-2-8(3-5-9)10(14)7-13-11(15)6-12;/h2-5,10,14H,6-7,12H2,1H3,(H,13,15);1H. The van der Waals surface area contributed by atoms with Gasteiger partial charge in [0.15, 0.2) is 0 Å². The number of ether oxygens (including phenoxy) is 1. The summed E-state index contributed by atoms with van der Waals surface area (Å²) in [4.78, 5) is 10.9. The van der Waals surface area contributed by atoms with Crippen LogP contribution in [0.25, 0.3) is 0 Å². The molecule has 0 aromatic heterocycles. The van der Waals surface area contributed by atoms with Gasteiger partial charge >= 0.3 is 0 Å². The molecule has 1 aromatic carbocycles. The predicted molar refractivity (Wildman–Crippen MR) is 67.3 cm³/mol. The Hall–Kier alpha value is -1.30. The number of aliphatic hydroxyl groups is 1. The first-order valence-electron chi connectivity index (χ1n) is 4.96. The van der Waals surface area contributed by atoms with Crippen LogP contribution in [-0.2, 0) is 4.79 Å². The van der Waals surface area contributed by atoms with Gasteiger partial charge in [-0.3, -0.25) is 4.79 Å². The molecule has 0 aliphatic heterocycles. The Morgan fingerprint density at radius 1 is 1.47 bits per heavy atom. The molecular formula is C11H17ClN2O3. The van der Waals surface area contributed by atoms with E-state index < -0.39 is 6.10 Å². The first-order chi connectivity index (χ1) is 7.67. The van der Waals surface area contributed by atoms with Crippen molar-refractivity contribution in [3.05, 3.63) is 29.8 Å². The molecule has 1 aromatic rings. The van der Waals surface area contributed by atoms with E-state index >= 15 is 0 Å². The highest BCUT2D eigenvalue weighted by molar-refractivity contribution is 5.85. The number of nitrogens with two attached hydrogens (primary N) is 1. The zero-order valence-electron chi connectivity index (χ0n) is 9.55. The lowest BCUT2D eigenvalue weighted by molar-refractivity contribution is -0.120. The van der Waals surface area contributed by atoms with Gasteiger partial charge in [-0.25, -0.2) is 0 Å². The van der Waals surface area contributed by atoms with Crippen molar-refractivity contribution in [2.24, 2.45) is 5.73 Å². The molecular weight excluding hydrogens is 244 g/mol. The van der Waals surface area contributed by atoms with Crippen molar-refractivity contribution in [1.29, 1.82) is 0 Å². The SMILES string of the molecule is COc1ccc(C(O)CNC(=O)CN)cc1.Cl. The summed E-state index contributed by atoms with van der Waals surface area (Å²) in [5.41, 5.74) is 5.85. The van der Waals surface area contributed by atoms with Crippen molar-refractivity contribution in [3.8, 4) is 5.75 Å². The third-order valence-corrected chi connectivity index (χ3v) is 2.18. The molecule has 0 heterocycles. The highest BCUT2D eigenvalue weighted by atomic mass is 35.5. The average Bonchev–Trinajstić information content (AvgIpc) is 2.35. The van der Waals surface area contributed by atoms with E-state index in [1.54, 1.807) is 31.4 Å². The molecule has 6 heteroatoms. The van der Waals surface area contributed by atoms with Crippen LogP contribution in [-0.4, -0.2) is 31.2 Å². The van der Waals surface area contributed by atoms with Gasteiger partial charge in [-0.1, -0.05) is 12.1 Å². The monoisotopic (exact) mass is 260 g/mol. The summed E-state index contributed by atoms with van der Waals surface area (Å²) < 4.78 is 5.00. The van der Waals surface area contributed by atoms with Crippen LogP contribution in [0.1, 0.15) is 11.7 Å². The van der Waals surface area contributed by atoms with Crippen molar-refractivity contribution in [3.63, 3.8) is 0 Å². The van der Waals surface area contributed by atoms with Gasteiger partial charge in [-0.05, 0) is 17.7 Å². The molecule has 1 atom stereocenters. The number of nitrogens with one attached hydrogen (secondary N) is 1. The fourth-order valence-corrected chi connectivity index (χ4v) is 1.23. The smallest absolute Gasteiger partial charge is 0.233 e. The van der Waals surface area contributed by atoms with Gasteiger partial charge in [0.2, 0.25) is 5.91 Å². The van der Waals surface area contributed by atoms with Crippen molar-refractivity contribution in [2.75, 3.05) is 20.2 Å². The van der Waals surface area contributed by atoms with E-state index in [1.165, 1.54) is 0 Å². The lowest BCUT2D eigenvalue weighted by Crippen LogP contribution is -2.33. The summed E-state index contributed by atoms with van der Waals surface area (Å²) in [6.45, 7) is 0.0810. The maximum absolute atomic E-state index is 10.9. The average molecular weight is 261 g/mol. The maximum Gasteiger partial charge on any atom is 0.233 e. The molecule has 0 aliphatic carbocycles. The fraction of sp³-hybridized carbons (Fsp3) is 0.364. The van der Waals surface area contributed by atoms with Crippen molar-refractivity contribution in [2.45, 2.75) is 6.10 Å². The maximum atomic E-state index is 10.9. The number of methoxy groups -OCH3 is 1. The van der Waals surface area contributed by atoms with Crippen LogP contribution >= 0.6 is 12.4 Å². The number of amides is 1. The lowest BCUT2D eigenvalue weighted by atomic mass is 10.1. The molecule has 1 unspecified atom stereocenters. The normalized spacial score (nSPS) is 11.2. The quantitative estimate of drug-likeness (QED) is 0.707. The van der Waals surface area contributed by atoms with Gasteiger partial charge in [0.25, 0.3) is 0 Å². The van der Waals surface area contributed by atoms with E-state index in [9.17, 15) is 9.90 Å². The van der Waals surface area contributed by atoms with E-state index in [0.29, 0.717) is 0 Å². The Labute approximate surface area is 106 Å². The van der Waals surface area contributed by atoms with E-state index in [0.717, 1.165) is 11.3 Å². The van der Waals surface area contributed by atoms with Gasteiger partial charge in [0.05, 0.1) is 19.8 Å². The summed E-state index contributed by atoms with van der Waals surface area (Å²) >= 11 is 0. The first kappa shape index (κ1) is 15.7. The minimum atomic E-state index is -0.735. The van der Waals surface area contributed by atoms with Gasteiger partial charge in [0, 0.05) is 6.54 Å². The molecule has 0 aliphatic rings. The highest BCUT2D eigenvalue weighted by Crippen LogP contribution is 2.16. The predicted octanol–water partition coefficient (Wildman–Crippen LogP) is 0.225. The largest absolute Gasteiger partial charge is 0.497 e. The molecule has 0 saturated carbocycles. The number of halogens is 1. The number of rotatable bonds is 5. The molecule has 0 radical (unpaired) electrons. The third kappa shape index (κ3) is 5.04. The molecule has 5 nitrogen and oxygen atoms in total. The molecule has 96 valence electrons. The molecule has 0 saturated heterocycles. The minimum Gasteiger partial charge on any atom is -0.497 e. The highest BCUT2D eigenvalue weighted by Gasteiger charge is 2.08. The topological polar surface area (TPSA) is 84.6 Å². The number of benzene rings is 1. The molecule has 17 heavy (non-hydrogen) atoms. The summed E-state index contributed by atoms with van der Waals surface area (Å²) in [5, 5.41) is 12.2. The van der Waals surface area contributed by atoms with E-state index in [1.807, 2.05) is 0 Å². The first-order valence-corrected chi connectivity index (χ1v) is 4.96. The van der Waals surface area contributed by atoms with Gasteiger partial charge in [-0.15, -0.1) is 12.4 Å². The fourth-order valence-electron chi connectivity index (χ4n) is 1.23. The van der Waals surface area contributed by atoms with Crippen molar-refractivity contribution in [1.82, 2.24) is 5.32 Å². The van der Waals surface area contributed by atoms with Crippen LogP contribution in [0.5, 0.6) is 5.75 Å². The Morgan fingerprint density at radius 2 is 2.06 bits per heavy atom. The van der Waals surface area contributed by atoms with Gasteiger partial charge in [0.1, 0.15) is 5.75 Å². The van der Waals surface area contributed by atoms with Crippen LogP contribution in [0.2, 0.25) is 0 Å². The summed E-state index contributed by atoms with van der Waals surface area (Å²) in [6, 6.07) is 7.00. The molecule has 4 N–H and O–H groups in total. The second kappa shape index (κ2) is 7.89. The summed E-state index contributed by atoms with van der Waals surface area (Å²) in [5.74, 6) is 0.439. The minimum absolute atomic E-state index is 0. The van der Waals surface area contributed by atoms with Crippen LogP contribution in [0.15, 0.2) is 24.3 Å². The van der Waals surface area contributed by atoms with Gasteiger partial charge < -0.3 is 20.9 Å². The number of hydrogen-bond donors (Lipinski definition) is 3. The van der Waals surface area contributed by atoms with Gasteiger partial charge in [-0.2, -0.15) is 0 Å². The van der Waals surface area contributed by atoms with Crippen LogP contribution in [0.3, 0.4) is 0 Å². The summed E-state index contributed by atoms with van der Waals surface area (Å²) in [7, 11) is 1.58. The van der Waals surface area contributed by atoms with Crippen molar-refractivity contribution >= 4 is 18.3 Å². The van der Waals surface area contributed by atoms with E-state index in [4.69, 9.17) is 10.5 Å². The number of carbonyl (C=O) groups is 1. The second-order valence-corrected chi connectivity index (χ2v) is 3.30. The van der Waals surface area contributed by atoms with E-state index in [2.05, 4.69) is 5.32 Å². The van der Waals surface area contributed by atoms with Crippen LogP contribution < -0.4 is 15.8 Å². The third-order valence-electron chi connectivity index (χ3n) is 2.18. The lowest BCUT2D eigenvalue weighted by Gasteiger charge is -2.12. The summed E-state index contributed by atoms with van der Waals surface area (Å²) in [6.07, 6.45) is -0.735.